The van der Waals surface area contributed by atoms with Crippen molar-refractivity contribution in [3.8, 4) is 22.6 Å². The molecule has 3 aliphatic rings. The number of amides is 4. The number of hydrogen-bond donors (Lipinski definition) is 2. The summed E-state index contributed by atoms with van der Waals surface area (Å²) in [5, 5.41) is 5.71. The van der Waals surface area contributed by atoms with Crippen molar-refractivity contribution in [2.45, 2.75) is 25.9 Å². The van der Waals surface area contributed by atoms with E-state index >= 15 is 0 Å². The van der Waals surface area contributed by atoms with Gasteiger partial charge in [0.1, 0.15) is 6.04 Å². The van der Waals surface area contributed by atoms with Gasteiger partial charge in [-0.25, -0.2) is 4.79 Å². The number of piperazine rings is 1. The summed E-state index contributed by atoms with van der Waals surface area (Å²) in [6, 6.07) is 10.0. The van der Waals surface area contributed by atoms with Crippen molar-refractivity contribution in [2.24, 2.45) is 0 Å². The predicted molar refractivity (Wildman–Crippen MR) is 117 cm³/mol. The molecule has 166 valence electrons. The van der Waals surface area contributed by atoms with E-state index in [1.54, 1.807) is 21.9 Å². The number of rotatable bonds is 2. The third-order valence-corrected chi connectivity index (χ3v) is 5.86. The number of carbonyl (C=O) groups excluding carboxylic acids is 3. The van der Waals surface area contributed by atoms with E-state index in [0.29, 0.717) is 29.3 Å². The second-order valence-electron chi connectivity index (χ2n) is 8.38. The van der Waals surface area contributed by atoms with E-state index in [-0.39, 0.29) is 43.8 Å². The Kier molecular flexibility index (Phi) is 4.88. The maximum Gasteiger partial charge on any atom is 0.317 e. The topological polar surface area (TPSA) is 100 Å². The number of benzene rings is 2. The summed E-state index contributed by atoms with van der Waals surface area (Å²) in [5.74, 6) is 0.826. The van der Waals surface area contributed by atoms with Gasteiger partial charge < -0.3 is 29.9 Å². The normalized spacial score (nSPS) is 19.3. The van der Waals surface area contributed by atoms with Crippen LogP contribution >= 0.6 is 0 Å². The van der Waals surface area contributed by atoms with Crippen molar-refractivity contribution < 1.29 is 23.9 Å². The summed E-state index contributed by atoms with van der Waals surface area (Å²) >= 11 is 0. The fourth-order valence-corrected chi connectivity index (χ4v) is 4.23. The molecule has 0 unspecified atom stereocenters. The highest BCUT2D eigenvalue weighted by Crippen LogP contribution is 2.37. The lowest BCUT2D eigenvalue weighted by Crippen LogP contribution is -2.61. The first-order chi connectivity index (χ1) is 15.4. The summed E-state index contributed by atoms with van der Waals surface area (Å²) in [4.78, 5) is 41.9. The van der Waals surface area contributed by atoms with Crippen molar-refractivity contribution in [1.29, 1.82) is 0 Å². The third-order valence-electron chi connectivity index (χ3n) is 5.86. The van der Waals surface area contributed by atoms with Gasteiger partial charge in [0.25, 0.3) is 5.91 Å². The Hall–Kier alpha value is -3.75. The Labute approximate surface area is 185 Å². The average Bonchev–Trinajstić information content (AvgIpc) is 3.22. The van der Waals surface area contributed by atoms with Crippen molar-refractivity contribution in [3.05, 3.63) is 42.0 Å². The number of urea groups is 1. The molecule has 0 aliphatic carbocycles. The Morgan fingerprint density at radius 1 is 1.06 bits per heavy atom. The molecule has 1 fully saturated rings. The van der Waals surface area contributed by atoms with Gasteiger partial charge in [-0.2, -0.15) is 0 Å². The second-order valence-corrected chi connectivity index (χ2v) is 8.38. The SMILES string of the molecule is CC(C)NC(=O)N1CCN2C(=O)c3cc(-c4ccc5c(c4)OCO5)ccc3NC(=O)[C@H]2C1. The molecule has 1 saturated heterocycles. The Morgan fingerprint density at radius 2 is 1.81 bits per heavy atom. The zero-order valence-electron chi connectivity index (χ0n) is 17.9. The zero-order valence-corrected chi connectivity index (χ0v) is 17.9. The summed E-state index contributed by atoms with van der Waals surface area (Å²) < 4.78 is 10.8. The van der Waals surface area contributed by atoms with Crippen LogP contribution in [0.15, 0.2) is 36.4 Å². The van der Waals surface area contributed by atoms with Crippen LogP contribution in [-0.4, -0.2) is 66.2 Å². The molecule has 0 spiro atoms. The lowest BCUT2D eigenvalue weighted by molar-refractivity contribution is -0.121. The maximum atomic E-state index is 13.4. The zero-order chi connectivity index (χ0) is 22.4. The molecule has 0 bridgehead atoms. The van der Waals surface area contributed by atoms with Crippen LogP contribution in [-0.2, 0) is 4.79 Å². The van der Waals surface area contributed by atoms with E-state index in [1.807, 2.05) is 38.1 Å². The van der Waals surface area contributed by atoms with Crippen LogP contribution < -0.4 is 20.1 Å². The molecule has 3 aliphatic heterocycles. The van der Waals surface area contributed by atoms with Crippen LogP contribution in [0.25, 0.3) is 11.1 Å². The predicted octanol–water partition coefficient (Wildman–Crippen LogP) is 2.28. The van der Waals surface area contributed by atoms with Gasteiger partial charge in [0, 0.05) is 19.1 Å². The number of nitrogens with zero attached hydrogens (tertiary/aromatic N) is 2. The number of ether oxygens (including phenoxy) is 2. The van der Waals surface area contributed by atoms with E-state index in [4.69, 9.17) is 9.47 Å². The quantitative estimate of drug-likeness (QED) is 0.752. The van der Waals surface area contributed by atoms with Gasteiger partial charge in [-0.05, 0) is 49.2 Å². The summed E-state index contributed by atoms with van der Waals surface area (Å²) in [7, 11) is 0. The molecule has 1 atom stereocenters. The molecule has 5 rings (SSSR count). The molecular weight excluding hydrogens is 412 g/mol. The third kappa shape index (κ3) is 3.49. The molecule has 9 nitrogen and oxygen atoms in total. The van der Waals surface area contributed by atoms with Crippen LogP contribution in [0.4, 0.5) is 10.5 Å². The van der Waals surface area contributed by atoms with Gasteiger partial charge in [-0.3, -0.25) is 9.59 Å². The average molecular weight is 436 g/mol. The number of fused-ring (bicyclic) bond motifs is 3. The number of anilines is 1. The van der Waals surface area contributed by atoms with Gasteiger partial charge in [-0.1, -0.05) is 12.1 Å². The molecule has 3 heterocycles. The molecule has 0 radical (unpaired) electrons. The first kappa shape index (κ1) is 20.2. The molecule has 2 aromatic rings. The van der Waals surface area contributed by atoms with E-state index in [2.05, 4.69) is 10.6 Å². The van der Waals surface area contributed by atoms with E-state index < -0.39 is 6.04 Å². The van der Waals surface area contributed by atoms with Crippen LogP contribution in [0.5, 0.6) is 11.5 Å². The molecule has 2 N–H and O–H groups in total. The van der Waals surface area contributed by atoms with Crippen LogP contribution in [0.1, 0.15) is 24.2 Å². The number of nitrogens with one attached hydrogen (secondary N) is 2. The molecule has 9 heteroatoms. The number of carbonyl (C=O) groups is 3. The minimum Gasteiger partial charge on any atom is -0.454 e. The lowest BCUT2D eigenvalue weighted by Gasteiger charge is -2.39. The van der Waals surface area contributed by atoms with Gasteiger partial charge in [0.05, 0.1) is 17.8 Å². The smallest absolute Gasteiger partial charge is 0.317 e. The highest BCUT2D eigenvalue weighted by atomic mass is 16.7. The minimum absolute atomic E-state index is 0.0102. The van der Waals surface area contributed by atoms with Crippen LogP contribution in [0.3, 0.4) is 0 Å². The van der Waals surface area contributed by atoms with Gasteiger partial charge >= 0.3 is 6.03 Å². The summed E-state index contributed by atoms with van der Waals surface area (Å²) in [6.45, 7) is 4.76. The van der Waals surface area contributed by atoms with Crippen LogP contribution in [0, 0.1) is 0 Å². The summed E-state index contributed by atoms with van der Waals surface area (Å²) in [6.07, 6.45) is 0. The minimum atomic E-state index is -0.740. The van der Waals surface area contributed by atoms with Crippen molar-refractivity contribution >= 4 is 23.5 Å². The van der Waals surface area contributed by atoms with Gasteiger partial charge in [-0.15, -0.1) is 0 Å². The van der Waals surface area contributed by atoms with Gasteiger partial charge in [0.15, 0.2) is 11.5 Å². The molecule has 32 heavy (non-hydrogen) atoms. The Balaban J connectivity index is 1.43. The molecule has 0 aromatic heterocycles. The first-order valence-corrected chi connectivity index (χ1v) is 10.6. The standard InChI is InChI=1S/C23H24N4O5/c1-13(2)24-23(30)26-7-8-27-18(11-26)21(28)25-17-5-3-14(9-16(17)22(27)29)15-4-6-19-20(10-15)32-12-31-19/h3-6,9-10,13,18H,7-8,11-12H2,1-2H3,(H,24,30)(H,25,28)/t18-/m1/s1. The van der Waals surface area contributed by atoms with E-state index in [9.17, 15) is 14.4 Å². The highest BCUT2D eigenvalue weighted by molar-refractivity contribution is 6.10. The maximum absolute atomic E-state index is 13.4. The fraction of sp³-hybridized carbons (Fsp3) is 0.348. The molecular formula is C23H24N4O5. The monoisotopic (exact) mass is 436 g/mol. The van der Waals surface area contributed by atoms with Gasteiger partial charge in [0.2, 0.25) is 12.7 Å². The largest absolute Gasteiger partial charge is 0.454 e. The Bertz CT molecular complexity index is 1120. The van der Waals surface area contributed by atoms with Crippen LogP contribution in [0.2, 0.25) is 0 Å². The van der Waals surface area contributed by atoms with Crippen molar-refractivity contribution in [3.63, 3.8) is 0 Å². The lowest BCUT2D eigenvalue weighted by atomic mass is 10.0. The van der Waals surface area contributed by atoms with E-state index in [1.165, 1.54) is 0 Å². The molecule has 4 amide bonds. The van der Waals surface area contributed by atoms with E-state index in [0.717, 1.165) is 11.1 Å². The summed E-state index contributed by atoms with van der Waals surface area (Å²) in [5.41, 5.74) is 2.61. The molecule has 0 saturated carbocycles. The molecule has 2 aromatic carbocycles. The van der Waals surface area contributed by atoms with Crippen molar-refractivity contribution in [2.75, 3.05) is 31.7 Å². The number of hydrogen-bond acceptors (Lipinski definition) is 5. The Morgan fingerprint density at radius 3 is 2.62 bits per heavy atom. The first-order valence-electron chi connectivity index (χ1n) is 10.6. The van der Waals surface area contributed by atoms with Crippen molar-refractivity contribution in [1.82, 2.24) is 15.1 Å². The second kappa shape index (κ2) is 7.74. The fourth-order valence-electron chi connectivity index (χ4n) is 4.23. The highest BCUT2D eigenvalue weighted by Gasteiger charge is 2.40.